The number of benzene rings is 1. The summed E-state index contributed by atoms with van der Waals surface area (Å²) in [6.07, 6.45) is 3.40. The standard InChI is InChI=1S/C20H28N4O3/c1-14(18(25)23-20(27)22-17-7-8-17)24-11-9-16(10-12-24)19(26)21-13-15-5-3-2-4-6-15/h2-6,14,16-17H,7-13H2,1H3,(H,21,26)(H2,22,23,25,27). The third-order valence-electron chi connectivity index (χ3n) is 5.29. The molecule has 1 aliphatic carbocycles. The van der Waals surface area contributed by atoms with Gasteiger partial charge in [0.15, 0.2) is 0 Å². The van der Waals surface area contributed by atoms with E-state index in [1.165, 1.54) is 0 Å². The van der Waals surface area contributed by atoms with Crippen molar-refractivity contribution in [1.82, 2.24) is 20.9 Å². The van der Waals surface area contributed by atoms with Crippen LogP contribution in [0.25, 0.3) is 0 Å². The van der Waals surface area contributed by atoms with Crippen molar-refractivity contribution in [3.8, 4) is 0 Å². The van der Waals surface area contributed by atoms with Crippen LogP contribution in [0.15, 0.2) is 30.3 Å². The second kappa shape index (κ2) is 8.99. The molecule has 1 aromatic carbocycles. The lowest BCUT2D eigenvalue weighted by Crippen LogP contribution is -2.52. The van der Waals surface area contributed by atoms with Gasteiger partial charge in [0.1, 0.15) is 0 Å². The highest BCUT2D eigenvalue weighted by molar-refractivity contribution is 5.97. The van der Waals surface area contributed by atoms with Crippen molar-refractivity contribution in [1.29, 1.82) is 0 Å². The van der Waals surface area contributed by atoms with Crippen LogP contribution in [0.5, 0.6) is 0 Å². The molecule has 146 valence electrons. The van der Waals surface area contributed by atoms with Crippen LogP contribution >= 0.6 is 0 Å². The van der Waals surface area contributed by atoms with E-state index in [1.807, 2.05) is 35.2 Å². The van der Waals surface area contributed by atoms with Crippen molar-refractivity contribution in [3.05, 3.63) is 35.9 Å². The number of hydrogen-bond acceptors (Lipinski definition) is 4. The Bertz CT molecular complexity index is 667. The quantitative estimate of drug-likeness (QED) is 0.704. The largest absolute Gasteiger partial charge is 0.352 e. The fourth-order valence-corrected chi connectivity index (χ4v) is 3.31. The predicted octanol–water partition coefficient (Wildman–Crippen LogP) is 1.39. The number of rotatable bonds is 6. The molecule has 2 fully saturated rings. The molecule has 2 aliphatic rings. The highest BCUT2D eigenvalue weighted by atomic mass is 16.2. The van der Waals surface area contributed by atoms with E-state index in [1.54, 1.807) is 6.92 Å². The topological polar surface area (TPSA) is 90.5 Å². The molecular weight excluding hydrogens is 344 g/mol. The van der Waals surface area contributed by atoms with Gasteiger partial charge in [-0.1, -0.05) is 30.3 Å². The Hall–Kier alpha value is -2.41. The van der Waals surface area contributed by atoms with E-state index in [0.29, 0.717) is 32.5 Å². The number of carbonyl (C=O) groups excluding carboxylic acids is 3. The van der Waals surface area contributed by atoms with E-state index in [4.69, 9.17) is 0 Å². The summed E-state index contributed by atoms with van der Waals surface area (Å²) in [7, 11) is 0. The van der Waals surface area contributed by atoms with E-state index in [9.17, 15) is 14.4 Å². The van der Waals surface area contributed by atoms with Gasteiger partial charge in [0.2, 0.25) is 11.8 Å². The van der Waals surface area contributed by atoms with E-state index in [0.717, 1.165) is 18.4 Å². The Balaban J connectivity index is 1.38. The summed E-state index contributed by atoms with van der Waals surface area (Å²) in [6.45, 7) is 3.68. The Morgan fingerprint density at radius 1 is 1.07 bits per heavy atom. The van der Waals surface area contributed by atoms with Crippen LogP contribution < -0.4 is 16.0 Å². The highest BCUT2D eigenvalue weighted by Gasteiger charge is 2.31. The van der Waals surface area contributed by atoms with Crippen LogP contribution in [0, 0.1) is 5.92 Å². The molecule has 27 heavy (non-hydrogen) atoms. The zero-order valence-corrected chi connectivity index (χ0v) is 15.7. The molecule has 1 heterocycles. The average molecular weight is 372 g/mol. The number of hydrogen-bond donors (Lipinski definition) is 3. The minimum absolute atomic E-state index is 0.0293. The zero-order chi connectivity index (χ0) is 19.2. The van der Waals surface area contributed by atoms with Gasteiger partial charge in [0.25, 0.3) is 0 Å². The number of nitrogens with one attached hydrogen (secondary N) is 3. The predicted molar refractivity (Wildman–Crippen MR) is 102 cm³/mol. The van der Waals surface area contributed by atoms with Gasteiger partial charge in [-0.05, 0) is 51.3 Å². The fourth-order valence-electron chi connectivity index (χ4n) is 3.31. The minimum atomic E-state index is -0.412. The zero-order valence-electron chi connectivity index (χ0n) is 15.7. The summed E-state index contributed by atoms with van der Waals surface area (Å²) in [5.74, 6) is -0.252. The van der Waals surface area contributed by atoms with Crippen LogP contribution in [0.2, 0.25) is 0 Å². The van der Waals surface area contributed by atoms with Gasteiger partial charge in [-0.25, -0.2) is 4.79 Å². The first-order valence-electron chi connectivity index (χ1n) is 9.70. The van der Waals surface area contributed by atoms with Gasteiger partial charge in [-0.3, -0.25) is 19.8 Å². The molecule has 7 heteroatoms. The first kappa shape index (κ1) is 19.4. The molecule has 0 aromatic heterocycles. The Labute approximate surface area is 159 Å². The summed E-state index contributed by atoms with van der Waals surface area (Å²) in [5.41, 5.74) is 1.08. The maximum atomic E-state index is 12.4. The molecule has 0 radical (unpaired) electrons. The monoisotopic (exact) mass is 372 g/mol. The molecule has 1 atom stereocenters. The van der Waals surface area contributed by atoms with E-state index >= 15 is 0 Å². The summed E-state index contributed by atoms with van der Waals surface area (Å²) in [6, 6.07) is 9.26. The first-order valence-corrected chi connectivity index (χ1v) is 9.70. The summed E-state index contributed by atoms with van der Waals surface area (Å²) < 4.78 is 0. The lowest BCUT2D eigenvalue weighted by atomic mass is 9.95. The fraction of sp³-hybridized carbons (Fsp3) is 0.550. The Morgan fingerprint density at radius 3 is 2.37 bits per heavy atom. The minimum Gasteiger partial charge on any atom is -0.352 e. The molecule has 1 saturated carbocycles. The molecule has 0 bridgehead atoms. The third kappa shape index (κ3) is 5.79. The second-order valence-corrected chi connectivity index (χ2v) is 7.43. The van der Waals surface area contributed by atoms with Crippen molar-refractivity contribution in [3.63, 3.8) is 0 Å². The number of nitrogens with zero attached hydrogens (tertiary/aromatic N) is 1. The SMILES string of the molecule is CC(C(=O)NC(=O)NC1CC1)N1CCC(C(=O)NCc2ccccc2)CC1. The molecule has 1 unspecified atom stereocenters. The van der Waals surface area contributed by atoms with Gasteiger partial charge < -0.3 is 10.6 Å². The van der Waals surface area contributed by atoms with Crippen LogP contribution in [0.4, 0.5) is 4.79 Å². The van der Waals surface area contributed by atoms with Crippen LogP contribution in [0.1, 0.15) is 38.2 Å². The second-order valence-electron chi connectivity index (χ2n) is 7.43. The van der Waals surface area contributed by atoms with E-state index in [2.05, 4.69) is 16.0 Å². The van der Waals surface area contributed by atoms with Gasteiger partial charge in [-0.2, -0.15) is 0 Å². The summed E-state index contributed by atoms with van der Waals surface area (Å²) in [5, 5.41) is 8.16. The lowest BCUT2D eigenvalue weighted by molar-refractivity contribution is -0.128. The number of amides is 4. The van der Waals surface area contributed by atoms with Crippen molar-refractivity contribution in [2.75, 3.05) is 13.1 Å². The van der Waals surface area contributed by atoms with Crippen LogP contribution in [-0.2, 0) is 16.1 Å². The van der Waals surface area contributed by atoms with Crippen molar-refractivity contribution in [2.45, 2.75) is 51.2 Å². The van der Waals surface area contributed by atoms with Gasteiger partial charge in [0.05, 0.1) is 6.04 Å². The summed E-state index contributed by atoms with van der Waals surface area (Å²) in [4.78, 5) is 38.3. The lowest BCUT2D eigenvalue weighted by Gasteiger charge is -2.34. The maximum Gasteiger partial charge on any atom is 0.321 e. The molecule has 1 aromatic rings. The van der Waals surface area contributed by atoms with E-state index < -0.39 is 6.03 Å². The molecule has 0 spiro atoms. The molecular formula is C20H28N4O3. The Morgan fingerprint density at radius 2 is 1.74 bits per heavy atom. The Kier molecular flexibility index (Phi) is 6.45. The van der Waals surface area contributed by atoms with Crippen molar-refractivity contribution < 1.29 is 14.4 Å². The summed E-state index contributed by atoms with van der Waals surface area (Å²) >= 11 is 0. The highest BCUT2D eigenvalue weighted by Crippen LogP contribution is 2.20. The molecule has 1 aliphatic heterocycles. The number of likely N-dealkylation sites (tertiary alicyclic amines) is 1. The van der Waals surface area contributed by atoms with Crippen molar-refractivity contribution in [2.24, 2.45) is 5.92 Å². The normalized spacial score (nSPS) is 19.1. The van der Waals surface area contributed by atoms with Gasteiger partial charge in [-0.15, -0.1) is 0 Å². The van der Waals surface area contributed by atoms with Gasteiger partial charge >= 0.3 is 6.03 Å². The van der Waals surface area contributed by atoms with E-state index in [-0.39, 0.29) is 29.8 Å². The average Bonchev–Trinajstić information content (AvgIpc) is 3.50. The molecule has 4 amide bonds. The first-order chi connectivity index (χ1) is 13.0. The third-order valence-corrected chi connectivity index (χ3v) is 5.29. The number of carbonyl (C=O) groups is 3. The van der Waals surface area contributed by atoms with Crippen molar-refractivity contribution >= 4 is 17.8 Å². The molecule has 3 N–H and O–H groups in total. The molecule has 1 saturated heterocycles. The maximum absolute atomic E-state index is 12.4. The van der Waals surface area contributed by atoms with Gasteiger partial charge in [0, 0.05) is 18.5 Å². The molecule has 7 nitrogen and oxygen atoms in total. The van der Waals surface area contributed by atoms with Crippen LogP contribution in [0.3, 0.4) is 0 Å². The number of imide groups is 1. The number of urea groups is 1. The van der Waals surface area contributed by atoms with Crippen LogP contribution in [-0.4, -0.2) is 47.9 Å². The smallest absolute Gasteiger partial charge is 0.321 e. The number of piperidine rings is 1. The molecule has 3 rings (SSSR count).